The van der Waals surface area contributed by atoms with E-state index in [1.54, 1.807) is 25.0 Å². The molecule has 8 fully saturated rings. The first-order valence-corrected chi connectivity index (χ1v) is 36.0. The topological polar surface area (TPSA) is 163 Å². The lowest BCUT2D eigenvalue weighted by atomic mass is 9.32. The van der Waals surface area contributed by atoms with Gasteiger partial charge < -0.3 is 31.6 Å². The Morgan fingerprint density at radius 1 is 0.511 bits per heavy atom. The molecule has 10 aliphatic carbocycles. The number of hydrogen-bond donors (Lipinski definition) is 4. The molecule has 6 N–H and O–H groups in total. The first kappa shape index (κ1) is 67.3. The summed E-state index contributed by atoms with van der Waals surface area (Å²) in [6.45, 7) is 40.8. The van der Waals surface area contributed by atoms with E-state index in [0.29, 0.717) is 86.4 Å². The molecular weight excluding hydrogens is 1090 g/mol. The largest absolute Gasteiger partial charge is 0.462 e. The van der Waals surface area contributed by atoms with Crippen molar-refractivity contribution >= 4 is 23.8 Å². The van der Waals surface area contributed by atoms with Gasteiger partial charge in [-0.15, -0.1) is 0 Å². The van der Waals surface area contributed by atoms with Crippen molar-refractivity contribution in [1.82, 2.24) is 10.6 Å². The molecule has 0 spiro atoms. The van der Waals surface area contributed by atoms with Crippen molar-refractivity contribution in [3.05, 3.63) is 23.3 Å². The van der Waals surface area contributed by atoms with Crippen LogP contribution in [0.3, 0.4) is 0 Å². The fourth-order valence-corrected chi connectivity index (χ4v) is 25.4. The van der Waals surface area contributed by atoms with E-state index in [4.69, 9.17) is 20.9 Å². The van der Waals surface area contributed by atoms with Gasteiger partial charge in [0.05, 0.1) is 10.8 Å². The Morgan fingerprint density at radius 2 is 0.886 bits per heavy atom. The number of carbonyl (C=O) groups excluding carboxylic acids is 4. The molecule has 0 aromatic rings. The third kappa shape index (κ3) is 10.4. The minimum absolute atomic E-state index is 0.0261. The van der Waals surface area contributed by atoms with Crippen LogP contribution in [0.2, 0.25) is 0 Å². The van der Waals surface area contributed by atoms with Crippen LogP contribution in [0.4, 0.5) is 0 Å². The highest BCUT2D eigenvalue weighted by Crippen LogP contribution is 2.79. The number of nitrogens with two attached hydrogens (primary N) is 2. The van der Waals surface area contributed by atoms with Gasteiger partial charge in [-0.2, -0.15) is 0 Å². The van der Waals surface area contributed by atoms with Gasteiger partial charge in [-0.1, -0.05) is 132 Å². The van der Waals surface area contributed by atoms with Crippen LogP contribution in [0, 0.1) is 149 Å². The molecule has 0 aromatic carbocycles. The average Bonchev–Trinajstić information content (AvgIpc) is 0.698. The molecule has 0 aliphatic heterocycles. The van der Waals surface area contributed by atoms with E-state index in [2.05, 4.69) is 143 Å². The summed E-state index contributed by atoms with van der Waals surface area (Å²) in [6, 6.07) is 0. The summed E-state index contributed by atoms with van der Waals surface area (Å²) in [5.41, 5.74) is 13.6. The molecule has 490 valence electrons. The molecule has 10 heteroatoms. The first-order chi connectivity index (χ1) is 41.4. The second-order valence-corrected chi connectivity index (χ2v) is 34.8. The van der Waals surface area contributed by atoms with Gasteiger partial charge in [0, 0.05) is 62.4 Å². The monoisotopic (exact) mass is 1210 g/mol. The van der Waals surface area contributed by atoms with Gasteiger partial charge in [0.2, 0.25) is 11.8 Å². The third-order valence-corrected chi connectivity index (χ3v) is 30.3. The van der Waals surface area contributed by atoms with Crippen molar-refractivity contribution in [2.75, 3.05) is 26.2 Å². The van der Waals surface area contributed by atoms with Gasteiger partial charge in [-0.05, 0) is 245 Å². The standard InChI is InChI=1S/C78H122N4O6/c1-49-31-37-77(67(85)81-45-23-21-43-79)41-39-73(13)57(63(77)51(49)3)27-29-61-71(11)47-55(65(87-53(5)83)69(7,8)59(71)33-35-75(61,73)15)25-19-17-18-20-26-56-48-72(12)60(70(9,10)66(56)88-54(6)84)34-36-76(16)62(72)30-28-58-64-52(4)50(2)32-38-78(64,42-40-74(58,76)14)68(86)82-46-24-22-44-80/h27-28,49-52,55-56,59-66H,21-26,29-48,79-80H2,1-16H3,(H,81,85)(H,82,86)/t49-,50-,51+,52+,55-,56-,59+,60+,61-,62-,63-,64-,65+,66+,71+,72+,73-,74-,75-,76-,77+,78+/m1/s1. The summed E-state index contributed by atoms with van der Waals surface area (Å²) in [5.74, 6) is 18.2. The summed E-state index contributed by atoms with van der Waals surface area (Å²) in [7, 11) is 0. The summed E-state index contributed by atoms with van der Waals surface area (Å²) >= 11 is 0. The molecule has 0 saturated heterocycles. The third-order valence-electron chi connectivity index (χ3n) is 30.3. The van der Waals surface area contributed by atoms with E-state index in [-0.39, 0.29) is 114 Å². The zero-order valence-corrected chi connectivity index (χ0v) is 58.2. The second-order valence-electron chi connectivity index (χ2n) is 34.8. The summed E-state index contributed by atoms with van der Waals surface area (Å²) in [5, 5.41) is 6.91. The Bertz CT molecular complexity index is 2680. The van der Waals surface area contributed by atoms with E-state index in [9.17, 15) is 19.2 Å². The zero-order valence-electron chi connectivity index (χ0n) is 58.2. The predicted octanol–water partition coefficient (Wildman–Crippen LogP) is 15.1. The van der Waals surface area contributed by atoms with E-state index < -0.39 is 0 Å². The molecule has 0 radical (unpaired) electrons. The van der Waals surface area contributed by atoms with Gasteiger partial charge in [0.15, 0.2) is 0 Å². The van der Waals surface area contributed by atoms with Crippen LogP contribution in [-0.4, -0.2) is 62.1 Å². The number of carbonyl (C=O) groups is 4. The highest BCUT2D eigenvalue weighted by atomic mass is 16.5. The Morgan fingerprint density at radius 3 is 1.24 bits per heavy atom. The molecule has 10 aliphatic rings. The second kappa shape index (κ2) is 24.4. The van der Waals surface area contributed by atoms with E-state index >= 15 is 0 Å². The highest BCUT2D eigenvalue weighted by molar-refractivity contribution is 5.85. The Kier molecular flexibility index (Phi) is 18.6. The van der Waals surface area contributed by atoms with E-state index in [1.807, 2.05) is 0 Å². The number of nitrogens with one attached hydrogen (secondary N) is 2. The number of ether oxygens (including phenoxy) is 2. The number of hydrogen-bond acceptors (Lipinski definition) is 8. The number of fused-ring (bicyclic) bond motifs is 14. The molecule has 0 aromatic heterocycles. The molecule has 10 rings (SSSR count). The van der Waals surface area contributed by atoms with Gasteiger partial charge >= 0.3 is 11.9 Å². The van der Waals surface area contributed by atoms with E-state index in [1.165, 1.54) is 0 Å². The fourth-order valence-electron chi connectivity index (χ4n) is 25.4. The zero-order chi connectivity index (χ0) is 64.0. The van der Waals surface area contributed by atoms with Crippen LogP contribution in [-0.2, 0) is 28.7 Å². The van der Waals surface area contributed by atoms with Crippen LogP contribution in [0.15, 0.2) is 23.3 Å². The number of unbranched alkanes of at least 4 members (excludes halogenated alkanes) is 2. The minimum Gasteiger partial charge on any atom is -0.462 e. The van der Waals surface area contributed by atoms with Gasteiger partial charge in [-0.25, -0.2) is 0 Å². The lowest BCUT2D eigenvalue weighted by molar-refractivity contribution is -0.227. The molecule has 88 heavy (non-hydrogen) atoms. The quantitative estimate of drug-likeness (QED) is 0.0578. The van der Waals surface area contributed by atoms with Crippen LogP contribution in [0.1, 0.15) is 252 Å². The Hall–Kier alpha value is -3.60. The van der Waals surface area contributed by atoms with Crippen LogP contribution in [0.25, 0.3) is 0 Å². The van der Waals surface area contributed by atoms with Gasteiger partial charge in [0.1, 0.15) is 12.2 Å². The van der Waals surface area contributed by atoms with Crippen LogP contribution >= 0.6 is 0 Å². The summed E-state index contributed by atoms with van der Waals surface area (Å²) in [4.78, 5) is 55.6. The molecular formula is C78H122N4O6. The molecule has 2 amide bonds. The lowest BCUT2D eigenvalue weighted by Gasteiger charge is -2.72. The van der Waals surface area contributed by atoms with E-state index in [0.717, 1.165) is 128 Å². The molecule has 0 bridgehead atoms. The Balaban J connectivity index is 0.905. The maximum atomic E-state index is 14.6. The average molecular weight is 1210 g/mol. The maximum Gasteiger partial charge on any atom is 0.302 e. The predicted molar refractivity (Wildman–Crippen MR) is 354 cm³/mol. The molecule has 22 atom stereocenters. The van der Waals surface area contributed by atoms with Gasteiger partial charge in [0.25, 0.3) is 0 Å². The number of rotatable bonds is 14. The minimum atomic E-state index is -0.364. The number of esters is 2. The van der Waals surface area contributed by atoms with Crippen LogP contribution in [0.5, 0.6) is 0 Å². The molecule has 0 unspecified atom stereocenters. The molecule has 10 nitrogen and oxygen atoms in total. The maximum absolute atomic E-state index is 14.6. The number of allylic oxidation sites excluding steroid dienone is 4. The lowest BCUT2D eigenvalue weighted by Crippen LogP contribution is -2.67. The van der Waals surface area contributed by atoms with Crippen molar-refractivity contribution in [3.8, 4) is 23.7 Å². The van der Waals surface area contributed by atoms with Gasteiger partial charge in [-0.3, -0.25) is 19.2 Å². The van der Waals surface area contributed by atoms with Crippen molar-refractivity contribution in [2.45, 2.75) is 264 Å². The highest BCUT2D eigenvalue weighted by Gasteiger charge is 2.73. The summed E-state index contributed by atoms with van der Waals surface area (Å²) < 4.78 is 13.0. The smallest absolute Gasteiger partial charge is 0.302 e. The van der Waals surface area contributed by atoms with Crippen molar-refractivity contribution in [3.63, 3.8) is 0 Å². The fraction of sp³-hybridized carbons (Fsp3) is 0.846. The molecule has 8 saturated carbocycles. The number of amides is 2. The van der Waals surface area contributed by atoms with Crippen molar-refractivity contribution in [1.29, 1.82) is 0 Å². The SMILES string of the molecule is CC(=O)O[C@H]1[C@H](CC#CC#CC[C@@H]2C[C@]3(C)[C@H]4CC=C5[C@H]6[C@@H](C)[C@H](C)CC[C@]6(C(=O)NCCCCN)CC[C@@]5(C)[C@]4(C)CC[C@H]3C(C)(C)[C@H]2OC(C)=O)C[C@]2(C)[C@H]3CC=C4[C@H]5[C@@H](C)[C@H](C)CC[C@]5(C(=O)NCCCCN)CC[C@@]4(C)[C@]3(C)CC[C@H]2C1(C)C. The summed E-state index contributed by atoms with van der Waals surface area (Å²) in [6.07, 6.45) is 26.1. The Labute approximate surface area is 534 Å². The van der Waals surface area contributed by atoms with Crippen LogP contribution < -0.4 is 22.1 Å². The van der Waals surface area contributed by atoms with Crippen molar-refractivity contribution < 1.29 is 28.7 Å². The van der Waals surface area contributed by atoms with Crippen molar-refractivity contribution in [2.24, 2.45) is 137 Å². The normalized spacial score (nSPS) is 45.8. The first-order valence-electron chi connectivity index (χ1n) is 36.0. The molecule has 0 heterocycles.